The van der Waals surface area contributed by atoms with Gasteiger partial charge in [0, 0.05) is 82.1 Å². The number of carbonyl (C=O) groups is 1. The van der Waals surface area contributed by atoms with Crippen LogP contribution < -0.4 is 22.9 Å². The minimum atomic E-state index is -4.22. The quantitative estimate of drug-likeness (QED) is 0.0303. The van der Waals surface area contributed by atoms with Crippen molar-refractivity contribution in [1.82, 2.24) is 27.9 Å². The topological polar surface area (TPSA) is 317 Å². The summed E-state index contributed by atoms with van der Waals surface area (Å²) >= 11 is 24.7. The van der Waals surface area contributed by atoms with E-state index in [1.807, 2.05) is 81.4 Å². The van der Waals surface area contributed by atoms with Gasteiger partial charge in [0.05, 0.1) is 29.8 Å². The molecule has 0 aliphatic rings. The van der Waals surface area contributed by atoms with Crippen LogP contribution >= 0.6 is 86.9 Å². The molecule has 89 heavy (non-hydrogen) atoms. The van der Waals surface area contributed by atoms with Crippen LogP contribution in [0.1, 0.15) is 69.4 Å². The lowest BCUT2D eigenvalue weighted by molar-refractivity contribution is -0.137. The molecular weight excluding hydrogens is 1340 g/mol. The molecule has 0 unspecified atom stereocenters. The molecule has 0 saturated heterocycles. The fourth-order valence-corrected chi connectivity index (χ4v) is 15.1. The summed E-state index contributed by atoms with van der Waals surface area (Å²) in [6.07, 6.45) is 4.24. The number of rotatable bonds is 18. The van der Waals surface area contributed by atoms with Gasteiger partial charge in [0.2, 0.25) is 30.1 Å². The molecular formula is C59H66Cl4N12O8S6. The highest BCUT2D eigenvalue weighted by molar-refractivity contribution is 7.89. The van der Waals surface area contributed by atoms with Crippen molar-refractivity contribution in [3.05, 3.63) is 201 Å². The molecule has 0 spiro atoms. The van der Waals surface area contributed by atoms with Gasteiger partial charge in [-0.3, -0.25) is 4.79 Å². The van der Waals surface area contributed by atoms with Crippen LogP contribution in [0.15, 0.2) is 189 Å². The summed E-state index contributed by atoms with van der Waals surface area (Å²) in [5.74, 6) is -1.41. The number of aliphatic imine (C=N–C) groups is 2. The number of halogens is 4. The number of hydrogen-bond donors (Lipinski definition) is 5. The zero-order chi connectivity index (χ0) is 62.8. The molecule has 3 atom stereocenters. The smallest absolute Gasteiger partial charge is 0.318 e. The van der Waals surface area contributed by atoms with Crippen molar-refractivity contribution in [3.8, 4) is 0 Å². The minimum absolute atomic E-state index is 0. The second kappa shape index (κ2) is 32.5. The number of nitrogens with two attached hydrogens (primary N) is 4. The molecule has 0 aliphatic heterocycles. The van der Waals surface area contributed by atoms with Crippen LogP contribution in [-0.4, -0.2) is 95.8 Å². The molecule has 474 valence electrons. The van der Waals surface area contributed by atoms with Crippen molar-refractivity contribution < 1.29 is 35.2 Å². The Labute approximate surface area is 558 Å². The molecule has 9 aromatic rings. The van der Waals surface area contributed by atoms with Gasteiger partial charge in [-0.2, -0.15) is 63.4 Å². The van der Waals surface area contributed by atoms with Gasteiger partial charge in [-0.25, -0.2) is 40.2 Å². The molecule has 9 rings (SSSR count). The number of carboxylic acids is 1. The van der Waals surface area contributed by atoms with E-state index in [1.54, 1.807) is 62.4 Å². The lowest BCUT2D eigenvalue weighted by atomic mass is 10.1. The Balaban J connectivity index is 0.000000282. The maximum absolute atomic E-state index is 13.5. The van der Waals surface area contributed by atoms with Gasteiger partial charge in [0.25, 0.3) is 0 Å². The number of aliphatic carboxylic acids is 1. The average Bonchev–Trinajstić information content (AvgIpc) is 1.29. The van der Waals surface area contributed by atoms with Crippen molar-refractivity contribution in [1.29, 1.82) is 0 Å². The first kappa shape index (κ1) is 75.0. The monoisotopic (exact) mass is 1400 g/mol. The molecule has 0 amide bonds. The van der Waals surface area contributed by atoms with Gasteiger partial charge in [-0.05, 0) is 73.9 Å². The predicted octanol–water partition coefficient (Wildman–Crippen LogP) is 11.8. The van der Waals surface area contributed by atoms with E-state index in [9.17, 15) is 35.2 Å². The first-order valence-corrected chi connectivity index (χ1v) is 32.1. The third kappa shape index (κ3) is 17.5. The molecule has 20 nitrogen and oxygen atoms in total. The number of carboxylic acid groups (broad SMARTS) is 1. The van der Waals surface area contributed by atoms with Crippen molar-refractivity contribution in [2.75, 3.05) is 19.6 Å². The number of hydrogen-bond acceptors (Lipinski definition) is 12. The average molecular weight is 1410 g/mol. The highest BCUT2D eigenvalue weighted by Gasteiger charge is 2.34. The standard InChI is InChI=1S/C20H20ClN5O4S.C20H22ClN5O2S.C19H18Cl2N2O2S.3H2S/c1-12(13-5-3-2-4-6-13)26(11-18(27)28)31(29,30)14-7-8-15-16(9-14)19(25-20(22)23)24-10-17(15)21;1-3-26(13(2)14-7-5-4-6-8-14)29(27,28)15-9-10-16-17(11-15)19(25-20(22)23)24-12-18(16)21;1-3-23(13(2)14-7-5-4-6-8-14)26(24,25)15-9-10-16-17(11-15)19(21)22-12-18(16)20;;;/h2-10,12H,11H2,1H3,(H,27,28)(H4,22,23,24,25);4-13H,3H2,1-2H3,(H4,22,23,24,25);4-13H,3H2,1-2H3;3*1H2/t12-;2*13-;;;/m000.../s1. The van der Waals surface area contributed by atoms with E-state index in [0.29, 0.717) is 61.0 Å². The number of fused-ring (bicyclic) bond motifs is 3. The van der Waals surface area contributed by atoms with E-state index >= 15 is 0 Å². The normalized spacial score (nSPS) is 12.4. The van der Waals surface area contributed by atoms with E-state index in [2.05, 4.69) is 24.9 Å². The summed E-state index contributed by atoms with van der Waals surface area (Å²) in [5.41, 5.74) is 24.3. The number of benzene rings is 6. The second-order valence-electron chi connectivity index (χ2n) is 19.1. The first-order chi connectivity index (χ1) is 40.7. The number of pyridine rings is 3. The Morgan fingerprint density at radius 3 is 1.07 bits per heavy atom. The molecule has 3 heterocycles. The molecule has 9 N–H and O–H groups in total. The zero-order valence-electron chi connectivity index (χ0n) is 48.4. The largest absolute Gasteiger partial charge is 0.480 e. The summed E-state index contributed by atoms with van der Waals surface area (Å²) in [5, 5.41) is 13.7. The Kier molecular flexibility index (Phi) is 27.4. The Morgan fingerprint density at radius 2 is 0.753 bits per heavy atom. The van der Waals surface area contributed by atoms with Gasteiger partial charge >= 0.3 is 5.97 Å². The summed E-state index contributed by atoms with van der Waals surface area (Å²) in [4.78, 5) is 31.7. The fraction of sp³-hybridized carbons (Fsp3) is 0.186. The Hall–Kier alpha value is -6.50. The molecule has 6 aromatic carbocycles. The van der Waals surface area contributed by atoms with Crippen LogP contribution in [-0.2, 0) is 34.9 Å². The third-order valence-corrected chi connectivity index (χ3v) is 20.9. The number of sulfonamides is 3. The second-order valence-corrected chi connectivity index (χ2v) is 26.3. The van der Waals surface area contributed by atoms with Crippen molar-refractivity contribution >= 4 is 179 Å². The van der Waals surface area contributed by atoms with Crippen LogP contribution in [0, 0.1) is 0 Å². The van der Waals surface area contributed by atoms with Crippen LogP contribution in [0.25, 0.3) is 32.3 Å². The van der Waals surface area contributed by atoms with E-state index in [1.165, 1.54) is 63.6 Å². The maximum Gasteiger partial charge on any atom is 0.318 e. The number of aromatic nitrogens is 3. The Bertz CT molecular complexity index is 4360. The lowest BCUT2D eigenvalue weighted by Gasteiger charge is -2.27. The molecule has 0 radical (unpaired) electrons. The highest BCUT2D eigenvalue weighted by Crippen LogP contribution is 2.38. The van der Waals surface area contributed by atoms with Gasteiger partial charge < -0.3 is 28.0 Å². The van der Waals surface area contributed by atoms with E-state index < -0.39 is 48.6 Å². The predicted molar refractivity (Wildman–Crippen MR) is 373 cm³/mol. The molecule has 0 bridgehead atoms. The number of guanidine groups is 2. The van der Waals surface area contributed by atoms with Crippen LogP contribution in [0.5, 0.6) is 0 Å². The Morgan fingerprint density at radius 1 is 0.461 bits per heavy atom. The molecule has 0 fully saturated rings. The van der Waals surface area contributed by atoms with Crippen LogP contribution in [0.3, 0.4) is 0 Å². The molecule has 0 aliphatic carbocycles. The van der Waals surface area contributed by atoms with Crippen molar-refractivity contribution in [2.45, 2.75) is 67.4 Å². The van der Waals surface area contributed by atoms with Crippen LogP contribution in [0.4, 0.5) is 11.6 Å². The molecule has 0 saturated carbocycles. The van der Waals surface area contributed by atoms with E-state index in [-0.39, 0.29) is 101 Å². The number of nitrogens with zero attached hydrogens (tertiary/aromatic N) is 8. The van der Waals surface area contributed by atoms with E-state index in [4.69, 9.17) is 69.3 Å². The fourth-order valence-electron chi connectivity index (χ4n) is 9.37. The summed E-state index contributed by atoms with van der Waals surface area (Å²) in [6, 6.07) is 40.0. The van der Waals surface area contributed by atoms with E-state index in [0.717, 1.165) is 15.4 Å². The summed E-state index contributed by atoms with van der Waals surface area (Å²) in [7, 11) is -11.7. The van der Waals surface area contributed by atoms with Gasteiger partial charge in [0.1, 0.15) is 11.7 Å². The van der Waals surface area contributed by atoms with Crippen LogP contribution in [0.2, 0.25) is 20.2 Å². The van der Waals surface area contributed by atoms with Gasteiger partial charge in [-0.15, -0.1) is 0 Å². The highest BCUT2D eigenvalue weighted by atomic mass is 35.5. The maximum atomic E-state index is 13.5. The zero-order valence-corrected chi connectivity index (χ0v) is 56.8. The van der Waals surface area contributed by atoms with Gasteiger partial charge in [0.15, 0.2) is 23.6 Å². The molecule has 30 heteroatoms. The van der Waals surface area contributed by atoms with Gasteiger partial charge in [-0.1, -0.05) is 169 Å². The molecule has 3 aromatic heterocycles. The minimum Gasteiger partial charge on any atom is -0.480 e. The lowest BCUT2D eigenvalue weighted by Crippen LogP contribution is -2.37. The van der Waals surface area contributed by atoms with Crippen molar-refractivity contribution in [3.63, 3.8) is 0 Å². The van der Waals surface area contributed by atoms with Crippen molar-refractivity contribution in [2.24, 2.45) is 32.9 Å². The third-order valence-electron chi connectivity index (χ3n) is 13.7. The summed E-state index contributed by atoms with van der Waals surface area (Å²) < 4.78 is 84.1. The SMILES string of the molecule is CCN([C@@H](C)c1ccccc1)S(=O)(=O)c1ccc2c(Cl)cnc(Cl)c2c1.CCN([C@@H](C)c1ccccc1)S(=O)(=O)c1ccc2c(Cl)cnc(N=C(N)N)c2c1.C[C@@H](c1ccccc1)N(CC(=O)O)S(=O)(=O)c1ccc2c(Cl)cnc(N=C(N)N)c2c1.S.S.S. The first-order valence-electron chi connectivity index (χ1n) is 26.2. The summed E-state index contributed by atoms with van der Waals surface area (Å²) in [6.45, 7) is 8.93.